The van der Waals surface area contributed by atoms with Gasteiger partial charge in [-0.05, 0) is 18.6 Å². The Morgan fingerprint density at radius 1 is 1.11 bits per heavy atom. The number of fused-ring (bicyclic) bond motifs is 1. The van der Waals surface area contributed by atoms with Crippen LogP contribution in [0.3, 0.4) is 0 Å². The van der Waals surface area contributed by atoms with Crippen molar-refractivity contribution >= 4 is 10.9 Å². The predicted molar refractivity (Wildman–Crippen MR) is 74.6 cm³/mol. The molecule has 18 heavy (non-hydrogen) atoms. The third kappa shape index (κ3) is 2.12. The van der Waals surface area contributed by atoms with Gasteiger partial charge in [0.1, 0.15) is 0 Å². The second-order valence-corrected chi connectivity index (χ2v) is 4.14. The first-order chi connectivity index (χ1) is 8.34. The van der Waals surface area contributed by atoms with Crippen LogP contribution in [0.15, 0.2) is 42.9 Å². The first-order valence-corrected chi connectivity index (χ1v) is 5.66. The summed E-state index contributed by atoms with van der Waals surface area (Å²) in [5.74, 6) is 0. The van der Waals surface area contributed by atoms with E-state index in [0.29, 0.717) is 0 Å². The van der Waals surface area contributed by atoms with E-state index in [0.717, 1.165) is 23.3 Å². The van der Waals surface area contributed by atoms with Crippen LogP contribution in [0.5, 0.6) is 0 Å². The molecule has 3 nitrogen and oxygen atoms in total. The van der Waals surface area contributed by atoms with E-state index in [-0.39, 0.29) is 7.43 Å². The molecule has 2 aromatic heterocycles. The lowest BCUT2D eigenvalue weighted by molar-refractivity contribution is 1.08. The lowest BCUT2D eigenvalue weighted by Crippen LogP contribution is -1.93. The molecule has 3 aromatic rings. The van der Waals surface area contributed by atoms with Gasteiger partial charge in [0.05, 0.1) is 17.5 Å². The normalized spacial score (nSPS) is 10.3. The van der Waals surface area contributed by atoms with Gasteiger partial charge in [-0.15, -0.1) is 0 Å². The smallest absolute Gasteiger partial charge is 0.0925 e. The molecule has 0 aliphatic rings. The van der Waals surface area contributed by atoms with E-state index in [1.807, 2.05) is 19.2 Å². The first kappa shape index (κ1) is 12.3. The van der Waals surface area contributed by atoms with Crippen LogP contribution in [-0.4, -0.2) is 15.0 Å². The number of aryl methyl sites for hydroxylation is 1. The monoisotopic (exact) mass is 239 g/mol. The van der Waals surface area contributed by atoms with E-state index in [4.69, 9.17) is 0 Å². The number of nitrogens with zero attached hydrogens (tertiary/aromatic N) is 2. The topological polar surface area (TPSA) is 41.6 Å². The SMILES string of the molecule is C.Cc1[nH]cnc1Cc1cccc2cccnc12. The summed E-state index contributed by atoms with van der Waals surface area (Å²) >= 11 is 0. The van der Waals surface area contributed by atoms with Gasteiger partial charge in [-0.1, -0.05) is 31.7 Å². The Balaban J connectivity index is 0.00000120. The van der Waals surface area contributed by atoms with E-state index >= 15 is 0 Å². The predicted octanol–water partition coefficient (Wildman–Crippen LogP) is 3.49. The van der Waals surface area contributed by atoms with Gasteiger partial charge in [0.25, 0.3) is 0 Å². The zero-order valence-electron chi connectivity index (χ0n) is 9.64. The lowest BCUT2D eigenvalue weighted by atomic mass is 10.0. The molecule has 3 heteroatoms. The van der Waals surface area contributed by atoms with Gasteiger partial charge in [-0.25, -0.2) is 4.98 Å². The highest BCUT2D eigenvalue weighted by molar-refractivity contribution is 5.81. The maximum Gasteiger partial charge on any atom is 0.0925 e. The molecule has 0 atom stereocenters. The van der Waals surface area contributed by atoms with Gasteiger partial charge in [0.2, 0.25) is 0 Å². The van der Waals surface area contributed by atoms with Gasteiger partial charge < -0.3 is 4.98 Å². The Morgan fingerprint density at radius 3 is 2.72 bits per heavy atom. The van der Waals surface area contributed by atoms with Gasteiger partial charge in [-0.2, -0.15) is 0 Å². The van der Waals surface area contributed by atoms with Crippen molar-refractivity contribution in [2.45, 2.75) is 20.8 Å². The van der Waals surface area contributed by atoms with E-state index in [1.54, 1.807) is 6.33 Å². The second-order valence-electron chi connectivity index (χ2n) is 4.14. The molecule has 1 N–H and O–H groups in total. The van der Waals surface area contributed by atoms with E-state index < -0.39 is 0 Å². The summed E-state index contributed by atoms with van der Waals surface area (Å²) in [6.45, 7) is 2.04. The second kappa shape index (κ2) is 5.00. The van der Waals surface area contributed by atoms with Gasteiger partial charge >= 0.3 is 0 Å². The molecule has 1 aromatic carbocycles. The minimum absolute atomic E-state index is 0. The van der Waals surface area contributed by atoms with Crippen molar-refractivity contribution in [3.05, 3.63) is 59.8 Å². The van der Waals surface area contributed by atoms with Crippen molar-refractivity contribution < 1.29 is 0 Å². The quantitative estimate of drug-likeness (QED) is 0.743. The first-order valence-electron chi connectivity index (χ1n) is 5.66. The number of hydrogen-bond donors (Lipinski definition) is 1. The molecular formula is C15H17N3. The highest BCUT2D eigenvalue weighted by atomic mass is 14.9. The Labute approximate surface area is 107 Å². The highest BCUT2D eigenvalue weighted by Crippen LogP contribution is 2.19. The van der Waals surface area contributed by atoms with Crippen LogP contribution < -0.4 is 0 Å². The number of aromatic nitrogens is 3. The van der Waals surface area contributed by atoms with Crippen molar-refractivity contribution in [3.63, 3.8) is 0 Å². The molecule has 2 heterocycles. The van der Waals surface area contributed by atoms with Gasteiger partial charge in [0, 0.05) is 23.7 Å². The van der Waals surface area contributed by atoms with Crippen LogP contribution in [0.4, 0.5) is 0 Å². The fourth-order valence-electron chi connectivity index (χ4n) is 2.06. The minimum atomic E-state index is 0. The maximum absolute atomic E-state index is 4.45. The fraction of sp³-hybridized carbons (Fsp3) is 0.200. The zero-order valence-corrected chi connectivity index (χ0v) is 9.64. The molecule has 0 aliphatic heterocycles. The Morgan fingerprint density at radius 2 is 1.94 bits per heavy atom. The third-order valence-corrected chi connectivity index (χ3v) is 3.01. The molecule has 92 valence electrons. The molecule has 0 aliphatic carbocycles. The summed E-state index contributed by atoms with van der Waals surface area (Å²) in [5.41, 5.74) is 4.50. The maximum atomic E-state index is 4.45. The van der Waals surface area contributed by atoms with Crippen molar-refractivity contribution in [3.8, 4) is 0 Å². The number of imidazole rings is 1. The van der Waals surface area contributed by atoms with E-state index in [2.05, 4.69) is 39.2 Å². The number of nitrogens with one attached hydrogen (secondary N) is 1. The van der Waals surface area contributed by atoms with E-state index in [1.165, 1.54) is 10.9 Å². The molecule has 0 saturated carbocycles. The summed E-state index contributed by atoms with van der Waals surface area (Å²) in [6.07, 6.45) is 4.40. The van der Waals surface area contributed by atoms with Crippen molar-refractivity contribution in [2.75, 3.05) is 0 Å². The fourth-order valence-corrected chi connectivity index (χ4v) is 2.06. The molecule has 0 bridgehead atoms. The molecular weight excluding hydrogens is 222 g/mol. The number of para-hydroxylation sites is 1. The van der Waals surface area contributed by atoms with Crippen LogP contribution >= 0.6 is 0 Å². The molecule has 0 amide bonds. The average molecular weight is 239 g/mol. The summed E-state index contributed by atoms with van der Waals surface area (Å²) in [6, 6.07) is 10.3. The van der Waals surface area contributed by atoms with Crippen molar-refractivity contribution in [2.24, 2.45) is 0 Å². The standard InChI is InChI=1S/C14H13N3.CH4/c1-10-13(17-9-16-10)8-12-5-2-4-11-6-3-7-15-14(11)12;/h2-7,9H,8H2,1H3,(H,16,17);1H4. The van der Waals surface area contributed by atoms with Crippen LogP contribution in [-0.2, 0) is 6.42 Å². The van der Waals surface area contributed by atoms with Crippen LogP contribution in [0.25, 0.3) is 10.9 Å². The summed E-state index contributed by atoms with van der Waals surface area (Å²) in [4.78, 5) is 11.9. The molecule has 0 saturated heterocycles. The van der Waals surface area contributed by atoms with Gasteiger partial charge in [0.15, 0.2) is 0 Å². The molecule has 0 fully saturated rings. The van der Waals surface area contributed by atoms with Gasteiger partial charge in [-0.3, -0.25) is 4.98 Å². The lowest BCUT2D eigenvalue weighted by Gasteiger charge is -2.04. The number of pyridine rings is 1. The zero-order chi connectivity index (χ0) is 11.7. The number of H-pyrrole nitrogens is 1. The van der Waals surface area contributed by atoms with E-state index in [9.17, 15) is 0 Å². The summed E-state index contributed by atoms with van der Waals surface area (Å²) < 4.78 is 0. The number of aromatic amines is 1. The number of benzene rings is 1. The third-order valence-electron chi connectivity index (χ3n) is 3.01. The minimum Gasteiger partial charge on any atom is -0.348 e. The Kier molecular flexibility index (Phi) is 3.42. The molecule has 0 unspecified atom stereocenters. The number of rotatable bonds is 2. The summed E-state index contributed by atoms with van der Waals surface area (Å²) in [5, 5.41) is 1.18. The average Bonchev–Trinajstić information content (AvgIpc) is 2.76. The molecule has 3 rings (SSSR count). The van der Waals surface area contributed by atoms with Crippen LogP contribution in [0.2, 0.25) is 0 Å². The number of hydrogen-bond acceptors (Lipinski definition) is 2. The molecule has 0 spiro atoms. The van der Waals surface area contributed by atoms with Crippen molar-refractivity contribution in [1.29, 1.82) is 0 Å². The summed E-state index contributed by atoms with van der Waals surface area (Å²) in [7, 11) is 0. The highest BCUT2D eigenvalue weighted by Gasteiger charge is 2.06. The largest absolute Gasteiger partial charge is 0.348 e. The van der Waals surface area contributed by atoms with Crippen LogP contribution in [0.1, 0.15) is 24.4 Å². The Hall–Kier alpha value is -2.16. The van der Waals surface area contributed by atoms with Crippen molar-refractivity contribution in [1.82, 2.24) is 15.0 Å². The van der Waals surface area contributed by atoms with Crippen LogP contribution in [0, 0.1) is 6.92 Å². The molecule has 0 radical (unpaired) electrons. The Bertz CT molecular complexity index is 650.